The van der Waals surface area contributed by atoms with Crippen LogP contribution in [0.15, 0.2) is 6.20 Å². The molecule has 1 aromatic rings. The van der Waals surface area contributed by atoms with E-state index in [1.165, 1.54) is 6.20 Å². The number of nitrogens with two attached hydrogens (primary N) is 1. The van der Waals surface area contributed by atoms with Crippen molar-refractivity contribution in [1.29, 1.82) is 0 Å². The van der Waals surface area contributed by atoms with E-state index in [-0.39, 0.29) is 15.9 Å². The van der Waals surface area contributed by atoms with Gasteiger partial charge in [-0.15, -0.1) is 0 Å². The molecule has 1 heterocycles. The Morgan fingerprint density at radius 3 is 2.40 bits per heavy atom. The first-order chi connectivity index (χ1) is 4.63. The highest BCUT2D eigenvalue weighted by Gasteiger charge is 2.05. The van der Waals surface area contributed by atoms with Gasteiger partial charge in [0, 0.05) is 6.20 Å². The average molecular weight is 197 g/mol. The smallest absolute Gasteiger partial charge is 0.149 e. The van der Waals surface area contributed by atoms with Gasteiger partial charge in [-0.1, -0.05) is 34.8 Å². The molecular weight excluding hydrogens is 194 g/mol. The largest absolute Gasteiger partial charge is 0.396 e. The summed E-state index contributed by atoms with van der Waals surface area (Å²) in [6.45, 7) is 0. The van der Waals surface area contributed by atoms with Gasteiger partial charge >= 0.3 is 0 Å². The lowest BCUT2D eigenvalue weighted by atomic mass is 10.4. The molecule has 5 heteroatoms. The molecule has 10 heavy (non-hydrogen) atoms. The summed E-state index contributed by atoms with van der Waals surface area (Å²) in [5.74, 6) is 0. The van der Waals surface area contributed by atoms with Gasteiger partial charge in [-0.2, -0.15) is 0 Å². The van der Waals surface area contributed by atoms with Gasteiger partial charge in [0.05, 0.1) is 10.7 Å². The van der Waals surface area contributed by atoms with E-state index in [1.54, 1.807) is 0 Å². The van der Waals surface area contributed by atoms with E-state index in [1.807, 2.05) is 0 Å². The molecular formula is C5H3Cl3N2. The minimum atomic E-state index is 0.170. The Bertz CT molecular complexity index is 234. The number of halogens is 3. The summed E-state index contributed by atoms with van der Waals surface area (Å²) in [6.07, 6.45) is 1.35. The molecule has 0 aromatic carbocycles. The average Bonchev–Trinajstić information content (AvgIpc) is 1.93. The molecule has 0 atom stereocenters. The lowest BCUT2D eigenvalue weighted by molar-refractivity contribution is 1.33. The van der Waals surface area contributed by atoms with E-state index in [2.05, 4.69) is 4.98 Å². The van der Waals surface area contributed by atoms with E-state index >= 15 is 0 Å². The molecule has 0 amide bonds. The number of hydrogen-bond donors (Lipinski definition) is 1. The van der Waals surface area contributed by atoms with Crippen molar-refractivity contribution in [3.63, 3.8) is 0 Å². The van der Waals surface area contributed by atoms with Crippen LogP contribution in [0.4, 0.5) is 5.69 Å². The van der Waals surface area contributed by atoms with Crippen molar-refractivity contribution >= 4 is 40.5 Å². The number of nitrogen functional groups attached to an aromatic ring is 1. The first-order valence-corrected chi connectivity index (χ1v) is 3.51. The maximum atomic E-state index is 5.58. The Hall–Kier alpha value is -0.180. The van der Waals surface area contributed by atoms with Gasteiger partial charge in [-0.05, 0) is 0 Å². The molecule has 0 fully saturated rings. The monoisotopic (exact) mass is 196 g/mol. The number of anilines is 1. The van der Waals surface area contributed by atoms with E-state index in [0.717, 1.165) is 0 Å². The SMILES string of the molecule is Nc1c(Cl)cnc(Cl)c1Cl. The second-order valence-electron chi connectivity index (χ2n) is 1.62. The van der Waals surface area contributed by atoms with E-state index in [0.29, 0.717) is 5.02 Å². The van der Waals surface area contributed by atoms with Gasteiger partial charge in [0.15, 0.2) is 0 Å². The number of rotatable bonds is 0. The van der Waals surface area contributed by atoms with Gasteiger partial charge in [0.2, 0.25) is 0 Å². The highest BCUT2D eigenvalue weighted by atomic mass is 35.5. The van der Waals surface area contributed by atoms with Crippen molar-refractivity contribution in [2.75, 3.05) is 5.73 Å². The third-order valence-corrected chi connectivity index (χ3v) is 2.03. The van der Waals surface area contributed by atoms with Crippen LogP contribution in [-0.2, 0) is 0 Å². The third-order valence-electron chi connectivity index (χ3n) is 0.966. The molecule has 2 N–H and O–H groups in total. The zero-order valence-corrected chi connectivity index (χ0v) is 7.00. The Morgan fingerprint density at radius 2 is 1.90 bits per heavy atom. The van der Waals surface area contributed by atoms with Crippen LogP contribution in [0.3, 0.4) is 0 Å². The van der Waals surface area contributed by atoms with Crippen LogP contribution in [0.1, 0.15) is 0 Å². The number of pyridine rings is 1. The molecule has 0 bridgehead atoms. The number of nitrogens with zero attached hydrogens (tertiary/aromatic N) is 1. The molecule has 0 saturated carbocycles. The van der Waals surface area contributed by atoms with Crippen molar-refractivity contribution in [3.8, 4) is 0 Å². The zero-order valence-electron chi connectivity index (χ0n) is 4.74. The Morgan fingerprint density at radius 1 is 1.30 bits per heavy atom. The minimum absolute atomic E-state index is 0.170. The Labute approximate surface area is 72.9 Å². The molecule has 0 unspecified atom stereocenters. The first kappa shape index (κ1) is 7.92. The predicted octanol–water partition coefficient (Wildman–Crippen LogP) is 2.62. The van der Waals surface area contributed by atoms with Crippen molar-refractivity contribution in [3.05, 3.63) is 21.4 Å². The summed E-state index contributed by atoms with van der Waals surface area (Å²) in [7, 11) is 0. The van der Waals surface area contributed by atoms with E-state index in [4.69, 9.17) is 40.5 Å². The second kappa shape index (κ2) is 2.82. The Balaban J connectivity index is 3.34. The summed E-state index contributed by atoms with van der Waals surface area (Å²) in [5.41, 5.74) is 5.66. The Kier molecular flexibility index (Phi) is 2.24. The van der Waals surface area contributed by atoms with Crippen LogP contribution in [0.5, 0.6) is 0 Å². The van der Waals surface area contributed by atoms with Crippen LogP contribution in [0.2, 0.25) is 15.2 Å². The highest BCUT2D eigenvalue weighted by Crippen LogP contribution is 2.30. The van der Waals surface area contributed by atoms with Crippen molar-refractivity contribution in [2.24, 2.45) is 0 Å². The fraction of sp³-hybridized carbons (Fsp3) is 0. The number of hydrogen-bond acceptors (Lipinski definition) is 2. The summed E-state index contributed by atoms with van der Waals surface area (Å²) in [4.78, 5) is 3.66. The van der Waals surface area contributed by atoms with E-state index < -0.39 is 0 Å². The van der Waals surface area contributed by atoms with Gasteiger partial charge < -0.3 is 5.73 Å². The van der Waals surface area contributed by atoms with Crippen molar-refractivity contribution in [1.82, 2.24) is 4.98 Å². The minimum Gasteiger partial charge on any atom is -0.396 e. The van der Waals surface area contributed by atoms with Gasteiger partial charge in [-0.25, -0.2) is 4.98 Å². The van der Waals surface area contributed by atoms with Gasteiger partial charge in [0.1, 0.15) is 10.2 Å². The van der Waals surface area contributed by atoms with Crippen molar-refractivity contribution < 1.29 is 0 Å². The van der Waals surface area contributed by atoms with Crippen LogP contribution >= 0.6 is 34.8 Å². The normalized spacial score (nSPS) is 9.90. The maximum absolute atomic E-state index is 5.58. The molecule has 0 aliphatic rings. The molecule has 0 saturated heterocycles. The van der Waals surface area contributed by atoms with E-state index in [9.17, 15) is 0 Å². The molecule has 0 spiro atoms. The molecule has 1 rings (SSSR count). The maximum Gasteiger partial charge on any atom is 0.149 e. The van der Waals surface area contributed by atoms with Crippen LogP contribution < -0.4 is 5.73 Å². The number of aromatic nitrogens is 1. The summed E-state index contributed by atoms with van der Waals surface area (Å²) in [5, 5.41) is 0.687. The van der Waals surface area contributed by atoms with Gasteiger partial charge in [0.25, 0.3) is 0 Å². The lowest BCUT2D eigenvalue weighted by Crippen LogP contribution is -1.89. The summed E-state index contributed by atoms with van der Waals surface area (Å²) in [6, 6.07) is 0. The summed E-state index contributed by atoms with van der Waals surface area (Å²) >= 11 is 16.6. The molecule has 2 nitrogen and oxygen atoms in total. The predicted molar refractivity (Wildman–Crippen MR) is 43.7 cm³/mol. The molecule has 1 aromatic heterocycles. The summed E-state index contributed by atoms with van der Waals surface area (Å²) < 4.78 is 0. The lowest BCUT2D eigenvalue weighted by Gasteiger charge is -1.99. The molecule has 0 aliphatic carbocycles. The topological polar surface area (TPSA) is 38.9 Å². The van der Waals surface area contributed by atoms with Crippen molar-refractivity contribution in [2.45, 2.75) is 0 Å². The van der Waals surface area contributed by atoms with Crippen LogP contribution in [0.25, 0.3) is 0 Å². The fourth-order valence-corrected chi connectivity index (χ4v) is 0.948. The molecule has 0 aliphatic heterocycles. The molecule has 54 valence electrons. The molecule has 0 radical (unpaired) electrons. The van der Waals surface area contributed by atoms with Gasteiger partial charge in [-0.3, -0.25) is 0 Å². The quantitative estimate of drug-likeness (QED) is 0.649. The zero-order chi connectivity index (χ0) is 7.72. The first-order valence-electron chi connectivity index (χ1n) is 2.38. The highest BCUT2D eigenvalue weighted by molar-refractivity contribution is 6.45. The third kappa shape index (κ3) is 1.29. The van der Waals surface area contributed by atoms with Crippen LogP contribution in [0, 0.1) is 0 Å². The second-order valence-corrected chi connectivity index (χ2v) is 2.77. The standard InChI is InChI=1S/C5H3Cl3N2/c6-2-1-10-5(8)3(7)4(2)9/h1H,(H2,9,10). The fourth-order valence-electron chi connectivity index (χ4n) is 0.456. The van der Waals surface area contributed by atoms with Crippen LogP contribution in [-0.4, -0.2) is 4.98 Å².